The van der Waals surface area contributed by atoms with Gasteiger partial charge in [-0.05, 0) is 6.07 Å². The van der Waals surface area contributed by atoms with Crippen molar-refractivity contribution in [1.29, 1.82) is 0 Å². The molecule has 0 saturated carbocycles. The number of pyridine rings is 1. The zero-order valence-electron chi connectivity index (χ0n) is 11.2. The molecule has 6 nitrogen and oxygen atoms in total. The summed E-state index contributed by atoms with van der Waals surface area (Å²) in [5.41, 5.74) is 0.932. The Balaban J connectivity index is 1.83. The summed E-state index contributed by atoms with van der Waals surface area (Å²) in [4.78, 5) is 8.45. The lowest BCUT2D eigenvalue weighted by atomic mass is 10.4. The molecule has 0 spiro atoms. The van der Waals surface area contributed by atoms with Crippen molar-refractivity contribution >= 4 is 5.69 Å². The molecule has 0 bridgehead atoms. The maximum Gasteiger partial charge on any atom is 0.213 e. The van der Waals surface area contributed by atoms with Crippen LogP contribution in [0.15, 0.2) is 30.7 Å². The number of aromatic nitrogens is 3. The molecule has 19 heavy (non-hydrogen) atoms. The molecule has 0 aromatic carbocycles. The number of imidazole rings is 1. The van der Waals surface area contributed by atoms with Crippen LogP contribution >= 0.6 is 0 Å². The lowest BCUT2D eigenvalue weighted by Crippen LogP contribution is -2.07. The molecular formula is C13H18N4O2. The number of ether oxygens (including phenoxy) is 2. The van der Waals surface area contributed by atoms with Crippen LogP contribution in [0.3, 0.4) is 0 Å². The number of hydrogen-bond acceptors (Lipinski definition) is 5. The van der Waals surface area contributed by atoms with Crippen LogP contribution in [0, 0.1) is 0 Å². The fourth-order valence-corrected chi connectivity index (χ4v) is 1.55. The summed E-state index contributed by atoms with van der Waals surface area (Å²) in [5.74, 6) is 1.57. The van der Waals surface area contributed by atoms with Crippen molar-refractivity contribution in [2.75, 3.05) is 25.6 Å². The lowest BCUT2D eigenvalue weighted by Gasteiger charge is -2.08. The number of hydrogen-bond donors (Lipinski definition) is 1. The first kappa shape index (κ1) is 13.4. The van der Waals surface area contributed by atoms with Crippen LogP contribution in [0.4, 0.5) is 5.69 Å². The highest BCUT2D eigenvalue weighted by molar-refractivity contribution is 5.42. The van der Waals surface area contributed by atoms with Crippen molar-refractivity contribution in [2.45, 2.75) is 6.54 Å². The molecule has 2 aromatic heterocycles. The average molecular weight is 262 g/mol. The Morgan fingerprint density at radius 2 is 2.16 bits per heavy atom. The Morgan fingerprint density at radius 3 is 2.79 bits per heavy atom. The highest BCUT2D eigenvalue weighted by Gasteiger charge is 2.00. The summed E-state index contributed by atoms with van der Waals surface area (Å²) in [6, 6.07) is 3.76. The topological polar surface area (TPSA) is 61.2 Å². The minimum absolute atomic E-state index is 0.504. The summed E-state index contributed by atoms with van der Waals surface area (Å²) in [7, 11) is 3.61. The van der Waals surface area contributed by atoms with Gasteiger partial charge in [-0.3, -0.25) is 0 Å². The van der Waals surface area contributed by atoms with Gasteiger partial charge < -0.3 is 19.4 Å². The van der Waals surface area contributed by atoms with Crippen LogP contribution in [0.2, 0.25) is 0 Å². The maximum atomic E-state index is 5.39. The molecule has 0 aliphatic rings. The first-order valence-corrected chi connectivity index (χ1v) is 6.07. The van der Waals surface area contributed by atoms with E-state index < -0.39 is 0 Å². The molecular weight excluding hydrogens is 244 g/mol. The Morgan fingerprint density at radius 1 is 1.26 bits per heavy atom. The molecule has 2 aromatic rings. The summed E-state index contributed by atoms with van der Waals surface area (Å²) in [6.45, 7) is 1.72. The quantitative estimate of drug-likeness (QED) is 0.765. The Kier molecular flexibility index (Phi) is 4.74. The number of nitrogens with one attached hydrogen (secondary N) is 1. The van der Waals surface area contributed by atoms with Gasteiger partial charge in [-0.1, -0.05) is 0 Å². The van der Waals surface area contributed by atoms with Gasteiger partial charge in [0.15, 0.2) is 0 Å². The van der Waals surface area contributed by atoms with Crippen LogP contribution in [-0.4, -0.2) is 34.9 Å². The fraction of sp³-hybridized carbons (Fsp3) is 0.385. The van der Waals surface area contributed by atoms with Gasteiger partial charge in [0.05, 0.1) is 25.0 Å². The van der Waals surface area contributed by atoms with E-state index in [1.165, 1.54) is 0 Å². The third-order valence-electron chi connectivity index (χ3n) is 2.65. The third kappa shape index (κ3) is 3.96. The molecule has 0 amide bonds. The second-order valence-electron chi connectivity index (χ2n) is 4.03. The van der Waals surface area contributed by atoms with Gasteiger partial charge in [0, 0.05) is 32.6 Å². The predicted octanol–water partition coefficient (Wildman–Crippen LogP) is 1.45. The summed E-state index contributed by atoms with van der Waals surface area (Å²) in [6.07, 6.45) is 5.44. The van der Waals surface area contributed by atoms with Crippen molar-refractivity contribution in [3.05, 3.63) is 36.5 Å². The van der Waals surface area contributed by atoms with Crippen molar-refractivity contribution in [3.8, 4) is 5.88 Å². The van der Waals surface area contributed by atoms with Gasteiger partial charge >= 0.3 is 0 Å². The maximum absolute atomic E-state index is 5.39. The highest BCUT2D eigenvalue weighted by atomic mass is 16.5. The van der Waals surface area contributed by atoms with E-state index >= 15 is 0 Å². The molecule has 1 N–H and O–H groups in total. The standard InChI is InChI=1S/C13H18N4O2/c1-17-6-5-14-12(17)10-15-11-3-4-13(16-9-11)19-8-7-18-2/h3-6,9,15H,7-8,10H2,1-2H3. The molecule has 102 valence electrons. The van der Waals surface area contributed by atoms with Gasteiger partial charge in [0.25, 0.3) is 0 Å². The minimum Gasteiger partial charge on any atom is -0.475 e. The second kappa shape index (κ2) is 6.75. The molecule has 0 fully saturated rings. The van der Waals surface area contributed by atoms with Crippen molar-refractivity contribution in [1.82, 2.24) is 14.5 Å². The highest BCUT2D eigenvalue weighted by Crippen LogP contribution is 2.12. The molecule has 2 heterocycles. The van der Waals surface area contributed by atoms with Gasteiger partial charge in [-0.2, -0.15) is 0 Å². The number of methoxy groups -OCH3 is 1. The summed E-state index contributed by atoms with van der Waals surface area (Å²) < 4.78 is 12.3. The molecule has 0 unspecified atom stereocenters. The molecule has 0 saturated heterocycles. The molecule has 0 radical (unpaired) electrons. The van der Waals surface area contributed by atoms with Crippen molar-refractivity contribution < 1.29 is 9.47 Å². The van der Waals surface area contributed by atoms with Crippen LogP contribution in [0.5, 0.6) is 5.88 Å². The first-order valence-electron chi connectivity index (χ1n) is 6.07. The predicted molar refractivity (Wildman–Crippen MR) is 72.1 cm³/mol. The Bertz CT molecular complexity index is 496. The summed E-state index contributed by atoms with van der Waals surface area (Å²) >= 11 is 0. The van der Waals surface area contributed by atoms with E-state index in [9.17, 15) is 0 Å². The zero-order chi connectivity index (χ0) is 13.5. The van der Waals surface area contributed by atoms with Crippen molar-refractivity contribution in [3.63, 3.8) is 0 Å². The Hall–Kier alpha value is -2.08. The van der Waals surface area contributed by atoms with Gasteiger partial charge in [0.2, 0.25) is 5.88 Å². The van der Waals surface area contributed by atoms with Crippen molar-refractivity contribution in [2.24, 2.45) is 7.05 Å². The van der Waals surface area contributed by atoms with E-state index in [2.05, 4.69) is 15.3 Å². The van der Waals surface area contributed by atoms with Crippen LogP contribution < -0.4 is 10.1 Å². The number of nitrogens with zero attached hydrogens (tertiary/aromatic N) is 3. The lowest BCUT2D eigenvalue weighted by molar-refractivity contribution is 0.144. The average Bonchev–Trinajstić information content (AvgIpc) is 2.84. The smallest absolute Gasteiger partial charge is 0.213 e. The van der Waals surface area contributed by atoms with E-state index in [0.717, 1.165) is 11.5 Å². The number of aryl methyl sites for hydroxylation is 1. The van der Waals surface area contributed by atoms with Crippen LogP contribution in [0.1, 0.15) is 5.82 Å². The third-order valence-corrected chi connectivity index (χ3v) is 2.65. The monoisotopic (exact) mass is 262 g/mol. The normalized spacial score (nSPS) is 10.4. The Labute approximate surface area is 112 Å². The van der Waals surface area contributed by atoms with E-state index in [-0.39, 0.29) is 0 Å². The molecule has 6 heteroatoms. The van der Waals surface area contributed by atoms with E-state index in [4.69, 9.17) is 9.47 Å². The number of anilines is 1. The first-order chi connectivity index (χ1) is 9.29. The SMILES string of the molecule is COCCOc1ccc(NCc2nccn2C)cn1. The van der Waals surface area contributed by atoms with E-state index in [0.29, 0.717) is 25.6 Å². The van der Waals surface area contributed by atoms with Gasteiger partial charge in [-0.25, -0.2) is 9.97 Å². The molecule has 0 aliphatic carbocycles. The summed E-state index contributed by atoms with van der Waals surface area (Å²) in [5, 5.41) is 3.26. The number of rotatable bonds is 7. The largest absolute Gasteiger partial charge is 0.475 e. The van der Waals surface area contributed by atoms with Gasteiger partial charge in [0.1, 0.15) is 12.4 Å². The van der Waals surface area contributed by atoms with Gasteiger partial charge in [-0.15, -0.1) is 0 Å². The minimum atomic E-state index is 0.504. The zero-order valence-corrected chi connectivity index (χ0v) is 11.2. The molecule has 2 rings (SSSR count). The molecule has 0 aliphatic heterocycles. The second-order valence-corrected chi connectivity index (χ2v) is 4.03. The fourth-order valence-electron chi connectivity index (χ4n) is 1.55. The van der Waals surface area contributed by atoms with Crippen LogP contribution in [-0.2, 0) is 18.3 Å². The van der Waals surface area contributed by atoms with E-state index in [1.807, 2.05) is 29.9 Å². The molecule has 0 atom stereocenters. The van der Waals surface area contributed by atoms with Crippen LogP contribution in [0.25, 0.3) is 0 Å². The van der Waals surface area contributed by atoms with E-state index in [1.54, 1.807) is 19.5 Å².